The van der Waals surface area contributed by atoms with Gasteiger partial charge in [0.25, 0.3) is 11.8 Å². The summed E-state index contributed by atoms with van der Waals surface area (Å²) in [6.45, 7) is 0.621. The van der Waals surface area contributed by atoms with E-state index in [1.165, 1.54) is 17.2 Å². The SMILES string of the molecule is CN(C)CC#Cc1ccc2c(c1)N(C)C(=O)[C@@H](NC(=O)c1cc(Oc3ccccc3)ccn1)CO2. The lowest BCUT2D eigenvalue weighted by Gasteiger charge is -2.20. The topological polar surface area (TPSA) is 84.0 Å². The normalized spacial score (nSPS) is 14.8. The second-order valence-electron chi connectivity index (χ2n) is 8.25. The number of ether oxygens (including phenoxy) is 2. The van der Waals surface area contributed by atoms with Crippen LogP contribution >= 0.6 is 0 Å². The van der Waals surface area contributed by atoms with Crippen LogP contribution in [0.3, 0.4) is 0 Å². The van der Waals surface area contributed by atoms with E-state index < -0.39 is 11.9 Å². The molecular weight excluding hydrogens is 444 g/mol. The lowest BCUT2D eigenvalue weighted by Crippen LogP contribution is -2.49. The largest absolute Gasteiger partial charge is 0.489 e. The van der Waals surface area contributed by atoms with Gasteiger partial charge in [0.2, 0.25) is 0 Å². The van der Waals surface area contributed by atoms with Crippen LogP contribution in [0, 0.1) is 11.8 Å². The summed E-state index contributed by atoms with van der Waals surface area (Å²) in [5, 5.41) is 2.74. The number of para-hydroxylation sites is 1. The van der Waals surface area contributed by atoms with E-state index in [-0.39, 0.29) is 18.2 Å². The Labute approximate surface area is 204 Å². The number of aromatic nitrogens is 1. The molecule has 8 heteroatoms. The van der Waals surface area contributed by atoms with E-state index in [4.69, 9.17) is 9.47 Å². The fourth-order valence-electron chi connectivity index (χ4n) is 3.43. The molecule has 0 spiro atoms. The molecule has 0 unspecified atom stereocenters. The highest BCUT2D eigenvalue weighted by Crippen LogP contribution is 2.31. The van der Waals surface area contributed by atoms with Gasteiger partial charge >= 0.3 is 0 Å². The van der Waals surface area contributed by atoms with Gasteiger partial charge in [-0.25, -0.2) is 0 Å². The summed E-state index contributed by atoms with van der Waals surface area (Å²) in [7, 11) is 5.55. The number of rotatable bonds is 5. The molecule has 1 aliphatic heterocycles. The van der Waals surface area contributed by atoms with Crippen LogP contribution in [-0.2, 0) is 4.79 Å². The standard InChI is InChI=1S/C27H26N4O4/c1-30(2)15-7-8-19-11-12-25-24(16-19)31(3)27(33)23(18-34-25)29-26(32)22-17-21(13-14-28-22)35-20-9-5-4-6-10-20/h4-6,9-14,16-17,23H,15,18H2,1-3H3,(H,29,32)/t23-/m0/s1. The number of amides is 2. The number of anilines is 1. The monoisotopic (exact) mass is 470 g/mol. The van der Waals surface area contributed by atoms with E-state index in [1.54, 1.807) is 19.2 Å². The van der Waals surface area contributed by atoms with Gasteiger partial charge in [-0.05, 0) is 50.5 Å². The number of benzene rings is 2. The average molecular weight is 471 g/mol. The van der Waals surface area contributed by atoms with Gasteiger partial charge in [-0.3, -0.25) is 19.5 Å². The lowest BCUT2D eigenvalue weighted by atomic mass is 10.1. The highest BCUT2D eigenvalue weighted by Gasteiger charge is 2.31. The van der Waals surface area contributed by atoms with Crippen LogP contribution in [0.2, 0.25) is 0 Å². The van der Waals surface area contributed by atoms with Crippen LogP contribution in [0.1, 0.15) is 16.1 Å². The van der Waals surface area contributed by atoms with Crippen LogP contribution < -0.4 is 19.7 Å². The number of carbonyl (C=O) groups is 2. The van der Waals surface area contributed by atoms with Crippen LogP contribution in [0.4, 0.5) is 5.69 Å². The number of pyridine rings is 1. The summed E-state index contributed by atoms with van der Waals surface area (Å²) in [6.07, 6.45) is 1.49. The Balaban J connectivity index is 1.46. The van der Waals surface area contributed by atoms with Crippen LogP contribution in [0.15, 0.2) is 66.9 Å². The first-order chi connectivity index (χ1) is 16.9. The van der Waals surface area contributed by atoms with E-state index >= 15 is 0 Å². The van der Waals surface area contributed by atoms with Gasteiger partial charge in [0.1, 0.15) is 35.6 Å². The van der Waals surface area contributed by atoms with Crippen LogP contribution in [0.5, 0.6) is 17.2 Å². The predicted octanol–water partition coefficient (Wildman–Crippen LogP) is 2.94. The molecule has 0 saturated heterocycles. The fourth-order valence-corrected chi connectivity index (χ4v) is 3.43. The van der Waals surface area contributed by atoms with Crippen molar-refractivity contribution in [3.63, 3.8) is 0 Å². The first kappa shape index (κ1) is 23.8. The van der Waals surface area contributed by atoms with Gasteiger partial charge in [-0.1, -0.05) is 30.0 Å². The van der Waals surface area contributed by atoms with Gasteiger partial charge in [0, 0.05) is 24.9 Å². The Hall–Kier alpha value is -4.35. The summed E-state index contributed by atoms with van der Waals surface area (Å²) in [6, 6.07) is 17.0. The summed E-state index contributed by atoms with van der Waals surface area (Å²) in [5.41, 5.74) is 1.50. The van der Waals surface area contributed by atoms with Crippen molar-refractivity contribution in [1.82, 2.24) is 15.2 Å². The van der Waals surface area contributed by atoms with Gasteiger partial charge < -0.3 is 19.7 Å². The summed E-state index contributed by atoms with van der Waals surface area (Å²) in [4.78, 5) is 33.6. The first-order valence-corrected chi connectivity index (χ1v) is 11.1. The number of nitrogens with zero attached hydrogens (tertiary/aromatic N) is 3. The van der Waals surface area contributed by atoms with E-state index in [2.05, 4.69) is 22.1 Å². The number of nitrogens with one attached hydrogen (secondary N) is 1. The van der Waals surface area contributed by atoms with Gasteiger partial charge in [-0.2, -0.15) is 0 Å². The number of fused-ring (bicyclic) bond motifs is 1. The third kappa shape index (κ3) is 5.96. The van der Waals surface area contributed by atoms with Gasteiger partial charge in [0.05, 0.1) is 12.2 Å². The van der Waals surface area contributed by atoms with Gasteiger partial charge in [0.15, 0.2) is 0 Å². The fraction of sp³-hybridized carbons (Fsp3) is 0.222. The molecule has 2 aromatic carbocycles. The Morgan fingerprint density at radius 3 is 2.74 bits per heavy atom. The minimum atomic E-state index is -0.885. The maximum atomic E-state index is 13.1. The second-order valence-corrected chi connectivity index (χ2v) is 8.25. The summed E-state index contributed by atoms with van der Waals surface area (Å²) in [5.74, 6) is 7.03. The third-order valence-electron chi connectivity index (χ3n) is 5.23. The van der Waals surface area contributed by atoms with Crippen LogP contribution in [-0.4, -0.2) is 62.0 Å². The zero-order chi connectivity index (χ0) is 24.8. The number of likely N-dealkylation sites (N-methyl/N-ethyl adjacent to an activating group) is 1. The molecule has 4 rings (SSSR count). The molecule has 0 fully saturated rings. The molecule has 1 aliphatic rings. The lowest BCUT2D eigenvalue weighted by molar-refractivity contribution is -0.120. The first-order valence-electron chi connectivity index (χ1n) is 11.1. The summed E-state index contributed by atoms with van der Waals surface area (Å²) >= 11 is 0. The molecule has 3 aromatic rings. The van der Waals surface area contributed by atoms with Crippen molar-refractivity contribution in [2.45, 2.75) is 6.04 Å². The highest BCUT2D eigenvalue weighted by molar-refractivity contribution is 6.03. The van der Waals surface area contributed by atoms with Crippen molar-refractivity contribution in [1.29, 1.82) is 0 Å². The van der Waals surface area contributed by atoms with Crippen molar-refractivity contribution >= 4 is 17.5 Å². The maximum Gasteiger partial charge on any atom is 0.270 e. The predicted molar refractivity (Wildman–Crippen MR) is 133 cm³/mol. The zero-order valence-electron chi connectivity index (χ0n) is 19.8. The quantitative estimate of drug-likeness (QED) is 0.578. The Morgan fingerprint density at radius 1 is 1.17 bits per heavy atom. The molecule has 8 nitrogen and oxygen atoms in total. The molecule has 2 heterocycles. The minimum absolute atomic E-state index is 0.00618. The van der Waals surface area contributed by atoms with Crippen molar-refractivity contribution in [2.75, 3.05) is 39.2 Å². The molecule has 2 amide bonds. The zero-order valence-corrected chi connectivity index (χ0v) is 19.8. The highest BCUT2D eigenvalue weighted by atomic mass is 16.5. The Bertz CT molecular complexity index is 1280. The number of hydrogen-bond donors (Lipinski definition) is 1. The molecule has 0 bridgehead atoms. The Kier molecular flexibility index (Phi) is 7.29. The molecule has 35 heavy (non-hydrogen) atoms. The van der Waals surface area contributed by atoms with E-state index in [1.807, 2.05) is 61.5 Å². The van der Waals surface area contributed by atoms with Gasteiger partial charge in [-0.15, -0.1) is 0 Å². The molecule has 0 radical (unpaired) electrons. The number of carbonyl (C=O) groups excluding carboxylic acids is 2. The third-order valence-corrected chi connectivity index (χ3v) is 5.23. The number of hydrogen-bond acceptors (Lipinski definition) is 6. The minimum Gasteiger partial charge on any atom is -0.489 e. The average Bonchev–Trinajstić information content (AvgIpc) is 2.97. The van der Waals surface area contributed by atoms with Crippen molar-refractivity contribution < 1.29 is 19.1 Å². The molecular formula is C27H26N4O4. The Morgan fingerprint density at radius 2 is 1.97 bits per heavy atom. The van der Waals surface area contributed by atoms with E-state index in [0.717, 1.165) is 5.56 Å². The molecule has 1 aromatic heterocycles. The summed E-state index contributed by atoms with van der Waals surface area (Å²) < 4.78 is 11.6. The molecule has 1 N–H and O–H groups in total. The molecule has 178 valence electrons. The van der Waals surface area contributed by atoms with E-state index in [9.17, 15) is 9.59 Å². The second kappa shape index (κ2) is 10.7. The van der Waals surface area contributed by atoms with E-state index in [0.29, 0.717) is 29.5 Å². The molecule has 1 atom stereocenters. The maximum absolute atomic E-state index is 13.1. The van der Waals surface area contributed by atoms with Crippen molar-refractivity contribution in [3.8, 4) is 29.1 Å². The van der Waals surface area contributed by atoms with Crippen molar-refractivity contribution in [2.24, 2.45) is 0 Å². The smallest absolute Gasteiger partial charge is 0.270 e. The van der Waals surface area contributed by atoms with Crippen LogP contribution in [0.25, 0.3) is 0 Å². The molecule has 0 aliphatic carbocycles. The van der Waals surface area contributed by atoms with Crippen molar-refractivity contribution in [3.05, 3.63) is 78.1 Å². The molecule has 0 saturated carbocycles.